The van der Waals surface area contributed by atoms with E-state index in [1.165, 1.54) is 11.3 Å². The maximum Gasteiger partial charge on any atom is 0.193 e. The Bertz CT molecular complexity index is 899. The first-order valence-electron chi connectivity index (χ1n) is 11.8. The van der Waals surface area contributed by atoms with Gasteiger partial charge in [0, 0.05) is 45.2 Å². The summed E-state index contributed by atoms with van der Waals surface area (Å²) in [5.41, 5.74) is 2.57. The minimum Gasteiger partial charge on any atom is -0.497 e. The summed E-state index contributed by atoms with van der Waals surface area (Å²) in [5, 5.41) is 3.52. The van der Waals surface area contributed by atoms with Gasteiger partial charge in [0.05, 0.1) is 19.9 Å². The summed E-state index contributed by atoms with van der Waals surface area (Å²) in [6.45, 7) is 8.03. The lowest BCUT2D eigenvalue weighted by molar-refractivity contribution is 0.414. The SMILES string of the molecule is CCNC(=NCC1CCN(c2ccccc2OC)C1)N1CCC(c2ccc(OC)cc2)C1. The highest BCUT2D eigenvalue weighted by Gasteiger charge is 2.28. The molecule has 0 bridgehead atoms. The highest BCUT2D eigenvalue weighted by Crippen LogP contribution is 2.32. The van der Waals surface area contributed by atoms with Crippen LogP contribution in [0.2, 0.25) is 0 Å². The Hall–Kier alpha value is -2.89. The summed E-state index contributed by atoms with van der Waals surface area (Å²) in [6, 6.07) is 16.8. The third-order valence-electron chi connectivity index (χ3n) is 6.62. The number of para-hydroxylation sites is 2. The van der Waals surface area contributed by atoms with Crippen LogP contribution in [-0.2, 0) is 0 Å². The van der Waals surface area contributed by atoms with Crippen molar-refractivity contribution in [3.8, 4) is 11.5 Å². The summed E-state index contributed by atoms with van der Waals surface area (Å²) in [5.74, 6) is 4.02. The van der Waals surface area contributed by atoms with E-state index in [4.69, 9.17) is 14.5 Å². The van der Waals surface area contributed by atoms with Gasteiger partial charge in [-0.2, -0.15) is 0 Å². The van der Waals surface area contributed by atoms with Crippen molar-refractivity contribution in [2.24, 2.45) is 10.9 Å². The zero-order chi connectivity index (χ0) is 22.3. The summed E-state index contributed by atoms with van der Waals surface area (Å²) >= 11 is 0. The number of aliphatic imine (C=N–C) groups is 1. The van der Waals surface area contributed by atoms with Crippen molar-refractivity contribution >= 4 is 11.6 Å². The molecule has 6 nitrogen and oxygen atoms in total. The zero-order valence-electron chi connectivity index (χ0n) is 19.6. The van der Waals surface area contributed by atoms with Crippen molar-refractivity contribution in [3.63, 3.8) is 0 Å². The number of hydrogen-bond acceptors (Lipinski definition) is 4. The van der Waals surface area contributed by atoms with E-state index in [1.54, 1.807) is 14.2 Å². The Morgan fingerprint density at radius 2 is 1.81 bits per heavy atom. The van der Waals surface area contributed by atoms with Gasteiger partial charge < -0.3 is 24.6 Å². The second-order valence-corrected chi connectivity index (χ2v) is 8.67. The van der Waals surface area contributed by atoms with Crippen LogP contribution in [0.3, 0.4) is 0 Å². The number of ether oxygens (including phenoxy) is 2. The second-order valence-electron chi connectivity index (χ2n) is 8.67. The van der Waals surface area contributed by atoms with Crippen molar-refractivity contribution in [2.75, 3.05) is 58.4 Å². The zero-order valence-corrected chi connectivity index (χ0v) is 19.6. The topological polar surface area (TPSA) is 49.3 Å². The standard InChI is InChI=1S/C26H36N4O2/c1-4-27-26(30-16-14-22(19-30)21-9-11-23(31-2)12-10-21)28-17-20-13-15-29(18-20)24-7-5-6-8-25(24)32-3/h5-12,20,22H,4,13-19H2,1-3H3,(H,27,28). The molecule has 4 rings (SSSR count). The Morgan fingerprint density at radius 1 is 1.00 bits per heavy atom. The fraction of sp³-hybridized carbons (Fsp3) is 0.500. The van der Waals surface area contributed by atoms with Crippen molar-refractivity contribution in [1.29, 1.82) is 0 Å². The van der Waals surface area contributed by atoms with Gasteiger partial charge in [-0.05, 0) is 55.5 Å². The summed E-state index contributed by atoms with van der Waals surface area (Å²) in [7, 11) is 3.46. The number of hydrogen-bond donors (Lipinski definition) is 1. The molecule has 32 heavy (non-hydrogen) atoms. The van der Waals surface area contributed by atoms with Gasteiger partial charge in [0.25, 0.3) is 0 Å². The summed E-state index contributed by atoms with van der Waals surface area (Å²) < 4.78 is 10.9. The molecule has 2 unspecified atom stereocenters. The molecule has 1 N–H and O–H groups in total. The monoisotopic (exact) mass is 436 g/mol. The van der Waals surface area contributed by atoms with E-state index >= 15 is 0 Å². The lowest BCUT2D eigenvalue weighted by Gasteiger charge is -2.23. The predicted octanol–water partition coefficient (Wildman–Crippen LogP) is 3.99. The number of benzene rings is 2. The fourth-order valence-electron chi connectivity index (χ4n) is 4.83. The van der Waals surface area contributed by atoms with E-state index in [9.17, 15) is 0 Å². The van der Waals surface area contributed by atoms with E-state index in [0.717, 1.165) is 69.6 Å². The molecule has 6 heteroatoms. The molecule has 2 aromatic carbocycles. The van der Waals surface area contributed by atoms with Gasteiger partial charge in [0.2, 0.25) is 0 Å². The van der Waals surface area contributed by atoms with Gasteiger partial charge >= 0.3 is 0 Å². The Balaban J connectivity index is 1.36. The van der Waals surface area contributed by atoms with Crippen molar-refractivity contribution in [1.82, 2.24) is 10.2 Å². The summed E-state index contributed by atoms with van der Waals surface area (Å²) in [6.07, 6.45) is 2.32. The summed E-state index contributed by atoms with van der Waals surface area (Å²) in [4.78, 5) is 9.91. The number of methoxy groups -OCH3 is 2. The molecular formula is C26H36N4O2. The number of guanidine groups is 1. The van der Waals surface area contributed by atoms with Gasteiger partial charge in [0.15, 0.2) is 5.96 Å². The van der Waals surface area contributed by atoms with Gasteiger partial charge in [-0.1, -0.05) is 24.3 Å². The molecule has 0 spiro atoms. The van der Waals surface area contributed by atoms with E-state index in [1.807, 2.05) is 12.1 Å². The third kappa shape index (κ3) is 5.12. The van der Waals surface area contributed by atoms with Crippen LogP contribution in [0, 0.1) is 5.92 Å². The lowest BCUT2D eigenvalue weighted by atomic mass is 9.98. The van der Waals surface area contributed by atoms with Crippen LogP contribution >= 0.6 is 0 Å². The van der Waals surface area contributed by atoms with Crippen LogP contribution in [0.5, 0.6) is 11.5 Å². The highest BCUT2D eigenvalue weighted by molar-refractivity contribution is 5.80. The van der Waals surface area contributed by atoms with Gasteiger partial charge in [0.1, 0.15) is 11.5 Å². The average molecular weight is 437 g/mol. The van der Waals surface area contributed by atoms with Gasteiger partial charge in [-0.25, -0.2) is 0 Å². The first-order chi connectivity index (χ1) is 15.7. The van der Waals surface area contributed by atoms with Gasteiger partial charge in [-0.3, -0.25) is 4.99 Å². The Kier molecular flexibility index (Phi) is 7.40. The number of nitrogens with one attached hydrogen (secondary N) is 1. The third-order valence-corrected chi connectivity index (χ3v) is 6.62. The first-order valence-corrected chi connectivity index (χ1v) is 11.8. The van der Waals surface area contributed by atoms with Gasteiger partial charge in [-0.15, -0.1) is 0 Å². The smallest absolute Gasteiger partial charge is 0.193 e. The predicted molar refractivity (Wildman–Crippen MR) is 131 cm³/mol. The van der Waals surface area contributed by atoms with E-state index in [0.29, 0.717) is 11.8 Å². The van der Waals surface area contributed by atoms with Crippen LogP contribution < -0.4 is 19.7 Å². The average Bonchev–Trinajstić information content (AvgIpc) is 3.52. The molecule has 2 heterocycles. The minimum atomic E-state index is 0.539. The quantitative estimate of drug-likeness (QED) is 0.525. The number of anilines is 1. The molecule has 2 atom stereocenters. The van der Waals surface area contributed by atoms with Crippen LogP contribution in [-0.4, -0.2) is 64.3 Å². The maximum absolute atomic E-state index is 5.56. The molecule has 172 valence electrons. The van der Waals surface area contributed by atoms with E-state index in [2.05, 4.69) is 58.4 Å². The van der Waals surface area contributed by atoms with Crippen LogP contribution in [0.25, 0.3) is 0 Å². The Morgan fingerprint density at radius 3 is 2.56 bits per heavy atom. The van der Waals surface area contributed by atoms with Crippen molar-refractivity contribution in [3.05, 3.63) is 54.1 Å². The fourth-order valence-corrected chi connectivity index (χ4v) is 4.83. The van der Waals surface area contributed by atoms with Crippen molar-refractivity contribution in [2.45, 2.75) is 25.7 Å². The highest BCUT2D eigenvalue weighted by atomic mass is 16.5. The Labute approximate surface area is 192 Å². The van der Waals surface area contributed by atoms with Crippen molar-refractivity contribution < 1.29 is 9.47 Å². The van der Waals surface area contributed by atoms with Crippen LogP contribution in [0.15, 0.2) is 53.5 Å². The molecule has 2 aliphatic heterocycles. The molecule has 2 aliphatic rings. The number of rotatable bonds is 7. The minimum absolute atomic E-state index is 0.539. The molecule has 0 aromatic heterocycles. The second kappa shape index (κ2) is 10.6. The van der Waals surface area contributed by atoms with Crippen LogP contribution in [0.4, 0.5) is 5.69 Å². The van der Waals surface area contributed by atoms with Crippen LogP contribution in [0.1, 0.15) is 31.2 Å². The largest absolute Gasteiger partial charge is 0.497 e. The molecule has 2 aromatic rings. The number of likely N-dealkylation sites (tertiary alicyclic amines) is 1. The molecule has 0 saturated carbocycles. The van der Waals surface area contributed by atoms with E-state index in [-0.39, 0.29) is 0 Å². The normalized spacial score (nSPS) is 21.2. The molecule has 0 amide bonds. The molecule has 0 radical (unpaired) electrons. The first kappa shape index (κ1) is 22.3. The molecule has 0 aliphatic carbocycles. The molecular weight excluding hydrogens is 400 g/mol. The number of nitrogens with zero attached hydrogens (tertiary/aromatic N) is 3. The maximum atomic E-state index is 5.56. The molecule has 2 saturated heterocycles. The molecule has 2 fully saturated rings. The lowest BCUT2D eigenvalue weighted by Crippen LogP contribution is -2.40. The van der Waals surface area contributed by atoms with E-state index < -0.39 is 0 Å².